The topological polar surface area (TPSA) is 12.5 Å². The van der Waals surface area contributed by atoms with Crippen LogP contribution >= 0.6 is 0 Å². The smallest absolute Gasteiger partial charge is 0.0603 e. The van der Waals surface area contributed by atoms with Gasteiger partial charge in [0, 0.05) is 13.1 Å². The SMILES string of the molecule is CC.CN1CCC(OC2CCC2)CC1. The van der Waals surface area contributed by atoms with Crippen LogP contribution in [0.5, 0.6) is 0 Å². The molecule has 0 amide bonds. The lowest BCUT2D eigenvalue weighted by Gasteiger charge is -2.34. The summed E-state index contributed by atoms with van der Waals surface area (Å²) < 4.78 is 5.95. The predicted molar refractivity (Wildman–Crippen MR) is 60.6 cm³/mol. The lowest BCUT2D eigenvalue weighted by molar-refractivity contribution is -0.0713. The molecule has 2 nitrogen and oxygen atoms in total. The third kappa shape index (κ3) is 3.58. The molecule has 0 aromatic carbocycles. The Morgan fingerprint density at radius 3 is 1.86 bits per heavy atom. The average Bonchev–Trinajstić information content (AvgIpc) is 2.17. The molecular formula is C12H25NO. The maximum absolute atomic E-state index is 5.95. The fraction of sp³-hybridized carbons (Fsp3) is 1.00. The molecule has 0 N–H and O–H groups in total. The molecule has 1 saturated carbocycles. The lowest BCUT2D eigenvalue weighted by Crippen LogP contribution is -2.37. The highest BCUT2D eigenvalue weighted by Gasteiger charge is 2.24. The highest BCUT2D eigenvalue weighted by Crippen LogP contribution is 2.26. The van der Waals surface area contributed by atoms with Crippen molar-refractivity contribution in [1.29, 1.82) is 0 Å². The Morgan fingerprint density at radius 2 is 1.43 bits per heavy atom. The van der Waals surface area contributed by atoms with Crippen LogP contribution in [0.2, 0.25) is 0 Å². The van der Waals surface area contributed by atoms with Gasteiger partial charge in [-0.1, -0.05) is 13.8 Å². The van der Waals surface area contributed by atoms with Crippen LogP contribution in [0.1, 0.15) is 46.0 Å². The number of likely N-dealkylation sites (tertiary alicyclic amines) is 1. The second kappa shape index (κ2) is 6.41. The van der Waals surface area contributed by atoms with E-state index < -0.39 is 0 Å². The maximum Gasteiger partial charge on any atom is 0.0603 e. The molecule has 2 fully saturated rings. The zero-order valence-corrected chi connectivity index (χ0v) is 9.96. The fourth-order valence-electron chi connectivity index (χ4n) is 1.90. The molecule has 0 aromatic heterocycles. The monoisotopic (exact) mass is 199 g/mol. The molecule has 1 aliphatic carbocycles. The summed E-state index contributed by atoms with van der Waals surface area (Å²) >= 11 is 0. The minimum absolute atomic E-state index is 0.575. The molecule has 0 atom stereocenters. The van der Waals surface area contributed by atoms with Crippen molar-refractivity contribution in [3.63, 3.8) is 0 Å². The van der Waals surface area contributed by atoms with E-state index in [0.29, 0.717) is 12.2 Å². The van der Waals surface area contributed by atoms with Gasteiger partial charge in [-0.15, -0.1) is 0 Å². The lowest BCUT2D eigenvalue weighted by atomic mass is 9.95. The van der Waals surface area contributed by atoms with Gasteiger partial charge in [0.1, 0.15) is 0 Å². The van der Waals surface area contributed by atoms with Crippen molar-refractivity contribution in [2.24, 2.45) is 0 Å². The van der Waals surface area contributed by atoms with Gasteiger partial charge >= 0.3 is 0 Å². The first-order valence-electron chi connectivity index (χ1n) is 6.18. The van der Waals surface area contributed by atoms with Crippen molar-refractivity contribution < 1.29 is 4.74 Å². The molecule has 1 aliphatic heterocycles. The second-order valence-electron chi connectivity index (χ2n) is 4.19. The van der Waals surface area contributed by atoms with Crippen LogP contribution in [-0.2, 0) is 4.74 Å². The van der Waals surface area contributed by atoms with Crippen molar-refractivity contribution in [3.8, 4) is 0 Å². The molecule has 0 spiro atoms. The largest absolute Gasteiger partial charge is 0.375 e. The van der Waals surface area contributed by atoms with Crippen molar-refractivity contribution in [1.82, 2.24) is 4.90 Å². The van der Waals surface area contributed by atoms with Gasteiger partial charge in [0.25, 0.3) is 0 Å². The number of hydrogen-bond donors (Lipinski definition) is 0. The zero-order chi connectivity index (χ0) is 10.4. The summed E-state index contributed by atoms with van der Waals surface area (Å²) in [6, 6.07) is 0. The van der Waals surface area contributed by atoms with Gasteiger partial charge < -0.3 is 9.64 Å². The second-order valence-corrected chi connectivity index (χ2v) is 4.19. The summed E-state index contributed by atoms with van der Waals surface area (Å²) in [5.41, 5.74) is 0. The minimum atomic E-state index is 0.575. The summed E-state index contributed by atoms with van der Waals surface area (Å²) in [5, 5.41) is 0. The van der Waals surface area contributed by atoms with Crippen LogP contribution in [0.4, 0.5) is 0 Å². The summed E-state index contributed by atoms with van der Waals surface area (Å²) in [7, 11) is 2.19. The van der Waals surface area contributed by atoms with Crippen molar-refractivity contribution in [3.05, 3.63) is 0 Å². The highest BCUT2D eigenvalue weighted by molar-refractivity contribution is 4.75. The van der Waals surface area contributed by atoms with Gasteiger partial charge in [-0.2, -0.15) is 0 Å². The van der Waals surface area contributed by atoms with Crippen LogP contribution in [-0.4, -0.2) is 37.2 Å². The van der Waals surface area contributed by atoms with Crippen molar-refractivity contribution in [2.45, 2.75) is 58.2 Å². The van der Waals surface area contributed by atoms with E-state index in [1.165, 1.54) is 45.2 Å². The minimum Gasteiger partial charge on any atom is -0.375 e. The van der Waals surface area contributed by atoms with E-state index >= 15 is 0 Å². The van der Waals surface area contributed by atoms with E-state index in [1.54, 1.807) is 0 Å². The molecule has 0 radical (unpaired) electrons. The van der Waals surface area contributed by atoms with Crippen LogP contribution < -0.4 is 0 Å². The number of hydrogen-bond acceptors (Lipinski definition) is 2. The quantitative estimate of drug-likeness (QED) is 0.678. The molecule has 0 bridgehead atoms. The summed E-state index contributed by atoms with van der Waals surface area (Å²) in [6.45, 7) is 6.44. The Bertz CT molecular complexity index is 137. The Hall–Kier alpha value is -0.0800. The summed E-state index contributed by atoms with van der Waals surface area (Å²) in [5.74, 6) is 0. The Morgan fingerprint density at radius 1 is 0.929 bits per heavy atom. The first kappa shape index (κ1) is 12.0. The van der Waals surface area contributed by atoms with Crippen LogP contribution in [0.3, 0.4) is 0 Å². The maximum atomic E-state index is 5.95. The van der Waals surface area contributed by atoms with E-state index in [1.807, 2.05) is 13.8 Å². The van der Waals surface area contributed by atoms with Gasteiger partial charge in [-0.25, -0.2) is 0 Å². The number of nitrogens with zero attached hydrogens (tertiary/aromatic N) is 1. The highest BCUT2D eigenvalue weighted by atomic mass is 16.5. The number of ether oxygens (including phenoxy) is 1. The molecule has 1 heterocycles. The molecule has 14 heavy (non-hydrogen) atoms. The van der Waals surface area contributed by atoms with Crippen LogP contribution in [0, 0.1) is 0 Å². The third-order valence-electron chi connectivity index (χ3n) is 3.10. The van der Waals surface area contributed by atoms with E-state index in [4.69, 9.17) is 4.74 Å². The Kier molecular flexibility index (Phi) is 5.49. The normalized spacial score (nSPS) is 25.1. The first-order chi connectivity index (χ1) is 6.84. The van der Waals surface area contributed by atoms with Crippen molar-refractivity contribution in [2.75, 3.05) is 20.1 Å². The number of piperidine rings is 1. The molecule has 0 unspecified atom stereocenters. The number of rotatable bonds is 2. The molecule has 0 aromatic rings. The molecule has 2 rings (SSSR count). The Labute approximate surface area is 88.6 Å². The van der Waals surface area contributed by atoms with Gasteiger partial charge in [0.2, 0.25) is 0 Å². The molecular weight excluding hydrogens is 174 g/mol. The van der Waals surface area contributed by atoms with Gasteiger partial charge in [0.05, 0.1) is 12.2 Å². The van der Waals surface area contributed by atoms with Crippen molar-refractivity contribution >= 4 is 0 Å². The first-order valence-corrected chi connectivity index (χ1v) is 6.18. The predicted octanol–water partition coefficient (Wildman–Crippen LogP) is 2.68. The van der Waals surface area contributed by atoms with E-state index in [-0.39, 0.29) is 0 Å². The summed E-state index contributed by atoms with van der Waals surface area (Å²) in [6.07, 6.45) is 7.69. The standard InChI is InChI=1S/C10H19NO.C2H6/c1-11-7-5-10(6-8-11)12-9-3-2-4-9;1-2/h9-10H,2-8H2,1H3;1-2H3. The van der Waals surface area contributed by atoms with Gasteiger partial charge in [0.15, 0.2) is 0 Å². The molecule has 2 heteroatoms. The van der Waals surface area contributed by atoms with E-state index in [0.717, 1.165) is 0 Å². The van der Waals surface area contributed by atoms with Gasteiger partial charge in [-0.05, 0) is 39.2 Å². The fourth-order valence-corrected chi connectivity index (χ4v) is 1.90. The van der Waals surface area contributed by atoms with E-state index in [9.17, 15) is 0 Å². The molecule has 2 aliphatic rings. The van der Waals surface area contributed by atoms with Crippen LogP contribution in [0.25, 0.3) is 0 Å². The molecule has 1 saturated heterocycles. The zero-order valence-electron chi connectivity index (χ0n) is 9.96. The van der Waals surface area contributed by atoms with Crippen LogP contribution in [0.15, 0.2) is 0 Å². The Balaban J connectivity index is 0.000000461. The summed E-state index contributed by atoms with van der Waals surface area (Å²) in [4.78, 5) is 2.39. The molecule has 84 valence electrons. The van der Waals surface area contributed by atoms with Gasteiger partial charge in [-0.3, -0.25) is 0 Å². The average molecular weight is 199 g/mol. The van der Waals surface area contributed by atoms with E-state index in [2.05, 4.69) is 11.9 Å². The third-order valence-corrected chi connectivity index (χ3v) is 3.10.